The largest absolute Gasteiger partial charge is 0.352 e. The summed E-state index contributed by atoms with van der Waals surface area (Å²) in [6.07, 6.45) is 9.02. The van der Waals surface area contributed by atoms with Crippen molar-refractivity contribution in [3.8, 4) is 22.3 Å². The van der Waals surface area contributed by atoms with Crippen molar-refractivity contribution in [2.24, 2.45) is 0 Å². The van der Waals surface area contributed by atoms with E-state index in [0.717, 1.165) is 37.7 Å². The summed E-state index contributed by atoms with van der Waals surface area (Å²) in [5, 5.41) is 0. The van der Waals surface area contributed by atoms with Crippen molar-refractivity contribution in [2.75, 3.05) is 13.2 Å². The summed E-state index contributed by atoms with van der Waals surface area (Å²) in [5.74, 6) is -2.11. The van der Waals surface area contributed by atoms with E-state index in [0.29, 0.717) is 41.9 Å². The molecule has 1 aliphatic heterocycles. The summed E-state index contributed by atoms with van der Waals surface area (Å²) in [7, 11) is 0. The summed E-state index contributed by atoms with van der Waals surface area (Å²) in [6, 6.07) is 15.5. The Morgan fingerprint density at radius 2 is 1.49 bits per heavy atom. The second-order valence-corrected chi connectivity index (χ2v) is 9.59. The molecule has 2 nitrogen and oxygen atoms in total. The van der Waals surface area contributed by atoms with Crippen molar-refractivity contribution in [3.05, 3.63) is 95.3 Å². The maximum absolute atomic E-state index is 15.0. The Hall–Kier alpha value is -2.89. The molecule has 0 unspecified atom stereocenters. The number of hydrogen-bond donors (Lipinski definition) is 0. The van der Waals surface area contributed by atoms with Crippen molar-refractivity contribution >= 4 is 0 Å². The molecular formula is C32H35F3O2. The summed E-state index contributed by atoms with van der Waals surface area (Å²) in [4.78, 5) is 0. The predicted octanol–water partition coefficient (Wildman–Crippen LogP) is 8.98. The summed E-state index contributed by atoms with van der Waals surface area (Å²) in [5.41, 5.74) is 3.20. The van der Waals surface area contributed by atoms with Crippen LogP contribution >= 0.6 is 0 Å². The van der Waals surface area contributed by atoms with Crippen LogP contribution in [0.2, 0.25) is 0 Å². The molecule has 0 aliphatic carbocycles. The van der Waals surface area contributed by atoms with Crippen LogP contribution in [-0.2, 0) is 15.9 Å². The highest BCUT2D eigenvalue weighted by Gasteiger charge is 2.25. The normalized spacial score (nSPS) is 18.0. The lowest BCUT2D eigenvalue weighted by Gasteiger charge is -2.30. The van der Waals surface area contributed by atoms with Crippen molar-refractivity contribution in [1.82, 2.24) is 0 Å². The first-order valence-corrected chi connectivity index (χ1v) is 13.3. The minimum absolute atomic E-state index is 0.142. The fraction of sp³-hybridized carbons (Fsp3) is 0.375. The monoisotopic (exact) mass is 508 g/mol. The van der Waals surface area contributed by atoms with E-state index in [-0.39, 0.29) is 23.6 Å². The lowest BCUT2D eigenvalue weighted by atomic mass is 9.94. The molecule has 3 aromatic rings. The molecule has 1 heterocycles. The fourth-order valence-electron chi connectivity index (χ4n) is 4.68. The van der Waals surface area contributed by atoms with E-state index in [1.165, 1.54) is 6.07 Å². The van der Waals surface area contributed by atoms with Crippen LogP contribution in [0.1, 0.15) is 63.0 Å². The summed E-state index contributed by atoms with van der Waals surface area (Å²) in [6.45, 7) is 5.04. The molecule has 1 fully saturated rings. The Kier molecular flexibility index (Phi) is 9.59. The third-order valence-electron chi connectivity index (χ3n) is 6.88. The second-order valence-electron chi connectivity index (χ2n) is 9.59. The molecule has 1 saturated heterocycles. The van der Waals surface area contributed by atoms with Crippen molar-refractivity contribution in [1.29, 1.82) is 0 Å². The van der Waals surface area contributed by atoms with Gasteiger partial charge in [-0.1, -0.05) is 87.4 Å². The van der Waals surface area contributed by atoms with E-state index >= 15 is 4.39 Å². The third-order valence-corrected chi connectivity index (χ3v) is 6.88. The smallest absolute Gasteiger partial charge is 0.166 e. The Morgan fingerprint density at radius 1 is 0.784 bits per heavy atom. The zero-order chi connectivity index (χ0) is 26.2. The minimum Gasteiger partial charge on any atom is -0.352 e. The number of halogens is 3. The molecule has 0 N–H and O–H groups in total. The van der Waals surface area contributed by atoms with Crippen LogP contribution in [0.25, 0.3) is 22.3 Å². The first kappa shape index (κ1) is 27.2. The van der Waals surface area contributed by atoms with Crippen LogP contribution in [0.4, 0.5) is 13.2 Å². The Bertz CT molecular complexity index is 1200. The fourth-order valence-corrected chi connectivity index (χ4v) is 4.68. The number of hydrogen-bond acceptors (Lipinski definition) is 2. The van der Waals surface area contributed by atoms with Crippen LogP contribution in [0.3, 0.4) is 0 Å². The van der Waals surface area contributed by atoms with E-state index < -0.39 is 11.6 Å². The van der Waals surface area contributed by atoms with Gasteiger partial charge < -0.3 is 9.47 Å². The van der Waals surface area contributed by atoms with Crippen LogP contribution < -0.4 is 0 Å². The van der Waals surface area contributed by atoms with Gasteiger partial charge in [0.05, 0.1) is 13.2 Å². The van der Waals surface area contributed by atoms with Crippen molar-refractivity contribution < 1.29 is 22.6 Å². The zero-order valence-corrected chi connectivity index (χ0v) is 21.6. The molecule has 0 saturated carbocycles. The highest BCUT2D eigenvalue weighted by atomic mass is 19.2. The van der Waals surface area contributed by atoms with Crippen LogP contribution in [0.5, 0.6) is 0 Å². The average Bonchev–Trinajstić information content (AvgIpc) is 2.92. The standard InChI is InChI=1S/C32H35F3O2/c1-3-5-7-9-24-15-18-28(32(35)31(24)34)23-13-11-22(12-14-23)25-16-17-27(29(33)19-25)26-20-36-30(37-21-26)10-8-6-4-2/h5,7,11-19,26,30H,3-4,6,8-10,20-21H2,1-2H3. The average molecular weight is 509 g/mol. The van der Waals surface area contributed by atoms with E-state index in [9.17, 15) is 8.78 Å². The molecule has 0 bridgehead atoms. The van der Waals surface area contributed by atoms with Gasteiger partial charge in [0.1, 0.15) is 5.82 Å². The van der Waals surface area contributed by atoms with Gasteiger partial charge in [-0.15, -0.1) is 0 Å². The Labute approximate surface area is 218 Å². The van der Waals surface area contributed by atoms with Gasteiger partial charge in [0, 0.05) is 11.5 Å². The summed E-state index contributed by atoms with van der Waals surface area (Å²) >= 11 is 0. The Balaban J connectivity index is 1.43. The molecule has 196 valence electrons. The van der Waals surface area contributed by atoms with Gasteiger partial charge in [-0.3, -0.25) is 0 Å². The number of benzene rings is 3. The quantitative estimate of drug-likeness (QED) is 0.201. The van der Waals surface area contributed by atoms with E-state index in [4.69, 9.17) is 9.47 Å². The van der Waals surface area contributed by atoms with Gasteiger partial charge in [0.25, 0.3) is 0 Å². The van der Waals surface area contributed by atoms with Gasteiger partial charge in [0.2, 0.25) is 0 Å². The van der Waals surface area contributed by atoms with Crippen molar-refractivity contribution in [2.45, 2.75) is 64.6 Å². The van der Waals surface area contributed by atoms with Crippen LogP contribution in [0, 0.1) is 17.5 Å². The molecule has 0 amide bonds. The maximum Gasteiger partial charge on any atom is 0.166 e. The number of unbranched alkanes of at least 4 members (excludes halogenated alkanes) is 2. The molecular weight excluding hydrogens is 473 g/mol. The molecule has 0 aromatic heterocycles. The molecule has 5 heteroatoms. The van der Waals surface area contributed by atoms with Gasteiger partial charge in [0.15, 0.2) is 17.9 Å². The van der Waals surface area contributed by atoms with Gasteiger partial charge >= 0.3 is 0 Å². The van der Waals surface area contributed by atoms with Gasteiger partial charge in [-0.05, 0) is 59.6 Å². The minimum atomic E-state index is -0.852. The van der Waals surface area contributed by atoms with E-state index in [1.807, 2.05) is 25.1 Å². The molecule has 3 aromatic carbocycles. The predicted molar refractivity (Wildman–Crippen MR) is 143 cm³/mol. The maximum atomic E-state index is 15.0. The lowest BCUT2D eigenvalue weighted by Crippen LogP contribution is -2.31. The number of rotatable bonds is 10. The molecule has 0 atom stereocenters. The van der Waals surface area contributed by atoms with Crippen LogP contribution in [0.15, 0.2) is 66.7 Å². The third kappa shape index (κ3) is 6.71. The second kappa shape index (κ2) is 13.1. The molecule has 0 radical (unpaired) electrons. The van der Waals surface area contributed by atoms with Crippen molar-refractivity contribution in [3.63, 3.8) is 0 Å². The molecule has 0 spiro atoms. The number of allylic oxidation sites excluding steroid dienone is 2. The first-order valence-electron chi connectivity index (χ1n) is 13.3. The van der Waals surface area contributed by atoms with Crippen LogP contribution in [-0.4, -0.2) is 19.5 Å². The molecule has 37 heavy (non-hydrogen) atoms. The zero-order valence-electron chi connectivity index (χ0n) is 21.6. The number of ether oxygens (including phenoxy) is 2. The SMILES string of the molecule is CCC=CCc1ccc(-c2ccc(-c3ccc(C4COC(CCCCC)OC4)c(F)c3)cc2)c(F)c1F. The molecule has 4 rings (SSSR count). The van der Waals surface area contributed by atoms with Gasteiger partial charge in [-0.2, -0.15) is 0 Å². The van der Waals surface area contributed by atoms with E-state index in [1.54, 1.807) is 42.5 Å². The Morgan fingerprint density at radius 3 is 2.16 bits per heavy atom. The summed E-state index contributed by atoms with van der Waals surface area (Å²) < 4.78 is 56.0. The van der Waals surface area contributed by atoms with E-state index in [2.05, 4.69) is 6.92 Å². The first-order chi connectivity index (χ1) is 18.0. The lowest BCUT2D eigenvalue weighted by molar-refractivity contribution is -0.190. The topological polar surface area (TPSA) is 18.5 Å². The highest BCUT2D eigenvalue weighted by molar-refractivity contribution is 5.71. The highest BCUT2D eigenvalue weighted by Crippen LogP contribution is 2.32. The molecule has 1 aliphatic rings. The van der Waals surface area contributed by atoms with Gasteiger partial charge in [-0.25, -0.2) is 13.2 Å².